The fourth-order valence-electron chi connectivity index (χ4n) is 1.77. The number of hydrogen-bond donors (Lipinski definition) is 2. The highest BCUT2D eigenvalue weighted by Crippen LogP contribution is 2.46. The molecule has 0 radical (unpaired) electrons. The van der Waals surface area contributed by atoms with E-state index in [1.54, 1.807) is 18.5 Å². The summed E-state index contributed by atoms with van der Waals surface area (Å²) in [4.78, 5) is 16.2. The maximum atomic E-state index is 12.2. The molecule has 100 valence electrons. The third kappa shape index (κ3) is 3.49. The number of thioether (sulfide) groups is 1. The molecule has 4 nitrogen and oxygen atoms in total. The zero-order valence-electron chi connectivity index (χ0n) is 10.9. The monoisotopic (exact) mass is 275 g/mol. The minimum absolute atomic E-state index is 0.0935. The Kier molecular flexibility index (Phi) is 4.46. The molecule has 1 aromatic heterocycles. The zero-order chi connectivity index (χ0) is 13.7. The average Bonchev–Trinajstić information content (AvgIpc) is 3.23. The van der Waals surface area contributed by atoms with Gasteiger partial charge in [0.25, 0.3) is 5.91 Å². The molecule has 1 aliphatic rings. The van der Waals surface area contributed by atoms with Crippen LogP contribution in [0.25, 0.3) is 0 Å². The van der Waals surface area contributed by atoms with E-state index in [4.69, 9.17) is 5.73 Å². The Morgan fingerprint density at radius 2 is 2.42 bits per heavy atom. The first kappa shape index (κ1) is 13.9. The Hall–Kier alpha value is -1.51. The largest absolute Gasteiger partial charge is 0.351 e. The van der Waals surface area contributed by atoms with E-state index in [2.05, 4.69) is 28.4 Å². The lowest BCUT2D eigenvalue weighted by Gasteiger charge is -2.13. The molecule has 5 heteroatoms. The van der Waals surface area contributed by atoms with Gasteiger partial charge in [-0.25, -0.2) is 0 Å². The molecule has 0 atom stereocenters. The van der Waals surface area contributed by atoms with E-state index in [9.17, 15) is 4.79 Å². The fraction of sp³-hybridized carbons (Fsp3) is 0.429. The Labute approximate surface area is 117 Å². The molecule has 0 bridgehead atoms. The second-order valence-electron chi connectivity index (χ2n) is 4.50. The SMILES string of the molecule is CSC1(CNC(=O)c2ccncc2C#CCN)CC1. The summed E-state index contributed by atoms with van der Waals surface area (Å²) in [6.45, 7) is 0.977. The molecule has 1 amide bonds. The number of rotatable bonds is 4. The molecule has 1 heterocycles. The molecule has 0 saturated heterocycles. The van der Waals surface area contributed by atoms with Crippen LogP contribution < -0.4 is 11.1 Å². The van der Waals surface area contributed by atoms with Crippen LogP contribution in [-0.2, 0) is 0 Å². The van der Waals surface area contributed by atoms with E-state index >= 15 is 0 Å². The first-order chi connectivity index (χ1) is 9.21. The van der Waals surface area contributed by atoms with Crippen molar-refractivity contribution in [3.05, 3.63) is 29.6 Å². The summed E-state index contributed by atoms with van der Waals surface area (Å²) < 4.78 is 0.256. The molecule has 1 aromatic rings. The summed E-state index contributed by atoms with van der Waals surface area (Å²) in [7, 11) is 0. The van der Waals surface area contributed by atoms with Crippen molar-refractivity contribution >= 4 is 17.7 Å². The highest BCUT2D eigenvalue weighted by Gasteiger charge is 2.42. The third-order valence-electron chi connectivity index (χ3n) is 3.20. The van der Waals surface area contributed by atoms with Gasteiger partial charge in [-0.2, -0.15) is 11.8 Å². The second-order valence-corrected chi connectivity index (χ2v) is 5.77. The van der Waals surface area contributed by atoms with E-state index in [1.807, 2.05) is 11.8 Å². The van der Waals surface area contributed by atoms with Crippen molar-refractivity contribution in [3.8, 4) is 11.8 Å². The van der Waals surface area contributed by atoms with Crippen LogP contribution >= 0.6 is 11.8 Å². The molecule has 0 aliphatic heterocycles. The number of nitrogens with zero attached hydrogens (tertiary/aromatic N) is 1. The normalized spacial score (nSPS) is 15.3. The first-order valence-corrected chi connectivity index (χ1v) is 7.39. The number of carbonyl (C=O) groups is 1. The lowest BCUT2D eigenvalue weighted by molar-refractivity contribution is 0.0952. The number of nitrogens with one attached hydrogen (secondary N) is 1. The van der Waals surface area contributed by atoms with E-state index in [0.717, 1.165) is 0 Å². The lowest BCUT2D eigenvalue weighted by atomic mass is 10.1. The second kappa shape index (κ2) is 6.09. The van der Waals surface area contributed by atoms with Gasteiger partial charge >= 0.3 is 0 Å². The van der Waals surface area contributed by atoms with Gasteiger partial charge in [0.05, 0.1) is 17.7 Å². The van der Waals surface area contributed by atoms with Crippen molar-refractivity contribution < 1.29 is 4.79 Å². The van der Waals surface area contributed by atoms with Crippen molar-refractivity contribution in [2.24, 2.45) is 5.73 Å². The van der Waals surface area contributed by atoms with Crippen LogP contribution in [0.4, 0.5) is 0 Å². The average molecular weight is 275 g/mol. The number of hydrogen-bond acceptors (Lipinski definition) is 4. The number of carbonyl (C=O) groups excluding carboxylic acids is 1. The molecule has 0 unspecified atom stereocenters. The molecule has 1 fully saturated rings. The van der Waals surface area contributed by atoms with Crippen molar-refractivity contribution in [2.75, 3.05) is 19.3 Å². The van der Waals surface area contributed by atoms with Crippen LogP contribution in [0.1, 0.15) is 28.8 Å². The van der Waals surface area contributed by atoms with Crippen LogP contribution in [-0.4, -0.2) is 35.0 Å². The quantitative estimate of drug-likeness (QED) is 0.805. The molecule has 3 N–H and O–H groups in total. The molecular formula is C14H17N3OS. The minimum atomic E-state index is -0.0935. The van der Waals surface area contributed by atoms with E-state index in [1.165, 1.54) is 12.8 Å². The lowest BCUT2D eigenvalue weighted by Crippen LogP contribution is -2.32. The molecule has 0 spiro atoms. The van der Waals surface area contributed by atoms with Gasteiger partial charge in [0, 0.05) is 23.7 Å². The van der Waals surface area contributed by atoms with Crippen LogP contribution in [0, 0.1) is 11.8 Å². The van der Waals surface area contributed by atoms with Crippen LogP contribution in [0.15, 0.2) is 18.5 Å². The molecule has 19 heavy (non-hydrogen) atoms. The maximum Gasteiger partial charge on any atom is 0.252 e. The highest BCUT2D eigenvalue weighted by molar-refractivity contribution is 8.00. The zero-order valence-corrected chi connectivity index (χ0v) is 11.7. The summed E-state index contributed by atoms with van der Waals surface area (Å²) in [6.07, 6.45) is 7.63. The Morgan fingerprint density at radius 1 is 1.63 bits per heavy atom. The van der Waals surface area contributed by atoms with Crippen molar-refractivity contribution in [3.63, 3.8) is 0 Å². The summed E-state index contributed by atoms with van der Waals surface area (Å²) in [5.41, 5.74) is 6.53. The highest BCUT2D eigenvalue weighted by atomic mass is 32.2. The van der Waals surface area contributed by atoms with Gasteiger partial charge in [-0.15, -0.1) is 0 Å². The Bertz CT molecular complexity index is 529. The maximum absolute atomic E-state index is 12.2. The third-order valence-corrected chi connectivity index (χ3v) is 4.62. The van der Waals surface area contributed by atoms with Crippen molar-refractivity contribution in [2.45, 2.75) is 17.6 Å². The van der Waals surface area contributed by atoms with Gasteiger partial charge < -0.3 is 11.1 Å². The van der Waals surface area contributed by atoms with Crippen molar-refractivity contribution in [1.82, 2.24) is 10.3 Å². The number of nitrogens with two attached hydrogens (primary N) is 1. The van der Waals surface area contributed by atoms with Crippen LogP contribution in [0.5, 0.6) is 0 Å². The Morgan fingerprint density at radius 3 is 3.05 bits per heavy atom. The summed E-state index contributed by atoms with van der Waals surface area (Å²) in [6, 6.07) is 1.69. The molecular weight excluding hydrogens is 258 g/mol. The predicted molar refractivity (Wildman–Crippen MR) is 78.0 cm³/mol. The first-order valence-electron chi connectivity index (χ1n) is 6.17. The molecule has 1 saturated carbocycles. The van der Waals surface area contributed by atoms with E-state index in [-0.39, 0.29) is 17.2 Å². The van der Waals surface area contributed by atoms with Gasteiger partial charge in [0.2, 0.25) is 0 Å². The molecule has 1 aliphatic carbocycles. The number of pyridine rings is 1. The summed E-state index contributed by atoms with van der Waals surface area (Å²) >= 11 is 1.82. The Balaban J connectivity index is 2.06. The van der Waals surface area contributed by atoms with Gasteiger partial charge in [-0.1, -0.05) is 11.8 Å². The topological polar surface area (TPSA) is 68.0 Å². The summed E-state index contributed by atoms with van der Waals surface area (Å²) in [5, 5.41) is 2.98. The van der Waals surface area contributed by atoms with Gasteiger partial charge in [-0.05, 0) is 25.2 Å². The van der Waals surface area contributed by atoms with E-state index in [0.29, 0.717) is 17.7 Å². The molecule has 0 aromatic carbocycles. The van der Waals surface area contributed by atoms with Gasteiger partial charge in [0.15, 0.2) is 0 Å². The van der Waals surface area contributed by atoms with Crippen LogP contribution in [0.2, 0.25) is 0 Å². The van der Waals surface area contributed by atoms with Crippen molar-refractivity contribution in [1.29, 1.82) is 0 Å². The van der Waals surface area contributed by atoms with Gasteiger partial charge in [0.1, 0.15) is 0 Å². The van der Waals surface area contributed by atoms with E-state index < -0.39 is 0 Å². The van der Waals surface area contributed by atoms with Crippen LogP contribution in [0.3, 0.4) is 0 Å². The minimum Gasteiger partial charge on any atom is -0.351 e. The molecule has 2 rings (SSSR count). The fourth-order valence-corrected chi connectivity index (χ4v) is 2.49. The van der Waals surface area contributed by atoms with Gasteiger partial charge in [-0.3, -0.25) is 9.78 Å². The smallest absolute Gasteiger partial charge is 0.252 e. The summed E-state index contributed by atoms with van der Waals surface area (Å²) in [5.74, 6) is 5.53. The number of aromatic nitrogens is 1. The standard InChI is InChI=1S/C14H17N3OS/c1-19-14(5-6-14)10-17-13(18)12-4-8-16-9-11(12)3-2-7-15/h4,8-9H,5-7,10,15H2,1H3,(H,17,18). The predicted octanol–water partition coefficient (Wildman–Crippen LogP) is 1.02. The number of amides is 1.